The van der Waals surface area contributed by atoms with Crippen molar-refractivity contribution in [1.29, 1.82) is 0 Å². The monoisotopic (exact) mass is 414 g/mol. The largest absolute Gasteiger partial charge is 0.393 e. The van der Waals surface area contributed by atoms with E-state index in [1.54, 1.807) is 0 Å². The Balaban J connectivity index is 1.58. The normalized spacial score (nSPS) is 48.1. The first-order valence-corrected chi connectivity index (χ1v) is 12.8. The molecule has 0 aromatic rings. The van der Waals surface area contributed by atoms with Gasteiger partial charge in [0.15, 0.2) is 0 Å². The number of rotatable bonds is 4. The average molecular weight is 415 g/mol. The van der Waals surface area contributed by atoms with Gasteiger partial charge in [-0.25, -0.2) is 0 Å². The molecule has 0 amide bonds. The van der Waals surface area contributed by atoms with E-state index in [1.807, 2.05) is 0 Å². The van der Waals surface area contributed by atoms with Crippen LogP contribution in [-0.2, 0) is 0 Å². The van der Waals surface area contributed by atoms with Gasteiger partial charge in [-0.15, -0.1) is 0 Å². The highest BCUT2D eigenvalue weighted by Gasteiger charge is 2.61. The van der Waals surface area contributed by atoms with Crippen LogP contribution in [0.15, 0.2) is 23.8 Å². The van der Waals surface area contributed by atoms with Crippen LogP contribution >= 0.6 is 0 Å². The Hall–Kier alpha value is -0.600. The molecule has 3 fully saturated rings. The van der Waals surface area contributed by atoms with Gasteiger partial charge >= 0.3 is 0 Å². The van der Waals surface area contributed by atoms with Crippen LogP contribution in [0.5, 0.6) is 0 Å². The Morgan fingerprint density at radius 2 is 1.77 bits per heavy atom. The molecule has 0 aliphatic heterocycles. The number of hydrogen-bond acceptors (Lipinski definition) is 2. The maximum Gasteiger partial charge on any atom is 0.0585 e. The minimum atomic E-state index is -0.202. The van der Waals surface area contributed by atoms with E-state index >= 15 is 0 Å². The van der Waals surface area contributed by atoms with Crippen molar-refractivity contribution in [2.45, 2.75) is 98.7 Å². The van der Waals surface area contributed by atoms with Crippen molar-refractivity contribution in [2.75, 3.05) is 0 Å². The first-order chi connectivity index (χ1) is 14.1. The van der Waals surface area contributed by atoms with Crippen LogP contribution in [-0.4, -0.2) is 22.4 Å². The van der Waals surface area contributed by atoms with Gasteiger partial charge in [-0.2, -0.15) is 0 Å². The van der Waals surface area contributed by atoms with Gasteiger partial charge in [0.25, 0.3) is 0 Å². The molecule has 3 saturated carbocycles. The van der Waals surface area contributed by atoms with Crippen molar-refractivity contribution >= 4 is 0 Å². The van der Waals surface area contributed by atoms with Gasteiger partial charge in [0.1, 0.15) is 0 Å². The molecule has 0 saturated heterocycles. The van der Waals surface area contributed by atoms with Gasteiger partial charge in [-0.05, 0) is 97.2 Å². The molecule has 2 nitrogen and oxygen atoms in total. The molecule has 0 radical (unpaired) electrons. The van der Waals surface area contributed by atoms with Crippen LogP contribution in [0.1, 0.15) is 86.5 Å². The fourth-order valence-electron chi connectivity index (χ4n) is 8.38. The number of fused-ring (bicyclic) bond motifs is 5. The summed E-state index contributed by atoms with van der Waals surface area (Å²) in [5.41, 5.74) is 1.79. The summed E-state index contributed by atoms with van der Waals surface area (Å²) < 4.78 is 0. The lowest BCUT2D eigenvalue weighted by molar-refractivity contribution is -0.127. The molecule has 10 atom stereocenters. The fourth-order valence-corrected chi connectivity index (χ4v) is 8.38. The molecule has 0 aromatic carbocycles. The molecule has 2 N–H and O–H groups in total. The highest BCUT2D eigenvalue weighted by Crippen LogP contribution is 2.67. The van der Waals surface area contributed by atoms with E-state index in [2.05, 4.69) is 59.8 Å². The first kappa shape index (κ1) is 22.6. The zero-order chi connectivity index (χ0) is 21.8. The van der Waals surface area contributed by atoms with E-state index in [-0.39, 0.29) is 23.0 Å². The van der Waals surface area contributed by atoms with Crippen molar-refractivity contribution in [1.82, 2.24) is 0 Å². The van der Waals surface area contributed by atoms with Crippen molar-refractivity contribution in [3.63, 3.8) is 0 Å². The molecular formula is C28H46O2. The standard InChI is InChI=1S/C28H46O2/c1-17(2)18(3)7-8-19(4)23-11-12-24-22-10-9-20-15-21(29)13-14-27(20,5)26(22)25(30)16-28(23,24)6/h7-9,17-19,21-26,29-30H,10-16H2,1-6H3/b8-7+/t18-,19+,21-,22-,23+,24-,25+,26+,27-,28+/m0/s1. The Kier molecular flexibility index (Phi) is 6.08. The molecule has 170 valence electrons. The van der Waals surface area contributed by atoms with Gasteiger partial charge in [-0.3, -0.25) is 0 Å². The van der Waals surface area contributed by atoms with Crippen molar-refractivity contribution in [2.24, 2.45) is 52.3 Å². The maximum atomic E-state index is 11.6. The highest BCUT2D eigenvalue weighted by molar-refractivity contribution is 5.26. The highest BCUT2D eigenvalue weighted by atomic mass is 16.3. The molecule has 4 aliphatic rings. The topological polar surface area (TPSA) is 40.5 Å². The molecule has 4 rings (SSSR count). The molecular weight excluding hydrogens is 368 g/mol. The number of allylic oxidation sites excluding steroid dienone is 3. The molecule has 0 aromatic heterocycles. The van der Waals surface area contributed by atoms with Gasteiger partial charge in [0.2, 0.25) is 0 Å². The third-order valence-electron chi connectivity index (χ3n) is 10.5. The summed E-state index contributed by atoms with van der Waals surface area (Å²) in [5, 5.41) is 21.8. The number of aliphatic hydroxyl groups excluding tert-OH is 2. The lowest BCUT2D eigenvalue weighted by atomic mass is 9.46. The van der Waals surface area contributed by atoms with Crippen molar-refractivity contribution in [3.05, 3.63) is 23.8 Å². The van der Waals surface area contributed by atoms with Crippen LogP contribution in [0, 0.1) is 52.3 Å². The van der Waals surface area contributed by atoms with Gasteiger partial charge < -0.3 is 10.2 Å². The van der Waals surface area contributed by atoms with E-state index in [0.717, 1.165) is 38.0 Å². The summed E-state index contributed by atoms with van der Waals surface area (Å²) >= 11 is 0. The molecule has 2 heteroatoms. The molecule has 0 spiro atoms. The third kappa shape index (κ3) is 3.54. The molecule has 4 aliphatic carbocycles. The lowest BCUT2D eigenvalue weighted by Gasteiger charge is -2.60. The lowest BCUT2D eigenvalue weighted by Crippen LogP contribution is -2.56. The Morgan fingerprint density at radius 3 is 2.47 bits per heavy atom. The van der Waals surface area contributed by atoms with Crippen LogP contribution in [0.2, 0.25) is 0 Å². The SMILES string of the molecule is CC(C)[C@@H](C)/C=C/[C@@H](C)[C@H]1CC[C@H]2[C@@H]3CC=C4C[C@@H](O)CC[C@]4(C)[C@H]3[C@H](O)C[C@]12C. The van der Waals surface area contributed by atoms with Gasteiger partial charge in [-0.1, -0.05) is 65.3 Å². The van der Waals surface area contributed by atoms with Crippen LogP contribution < -0.4 is 0 Å². The fraction of sp³-hybridized carbons (Fsp3) is 0.857. The van der Waals surface area contributed by atoms with Crippen LogP contribution in [0.4, 0.5) is 0 Å². The maximum absolute atomic E-state index is 11.6. The van der Waals surface area contributed by atoms with Crippen LogP contribution in [0.3, 0.4) is 0 Å². The van der Waals surface area contributed by atoms with E-state index in [4.69, 9.17) is 0 Å². The minimum absolute atomic E-state index is 0.0964. The van der Waals surface area contributed by atoms with Crippen molar-refractivity contribution in [3.8, 4) is 0 Å². The summed E-state index contributed by atoms with van der Waals surface area (Å²) in [4.78, 5) is 0. The molecule has 30 heavy (non-hydrogen) atoms. The summed E-state index contributed by atoms with van der Waals surface area (Å²) in [5.74, 6) is 4.31. The number of hydrogen-bond donors (Lipinski definition) is 2. The van der Waals surface area contributed by atoms with Crippen LogP contribution in [0.25, 0.3) is 0 Å². The summed E-state index contributed by atoms with van der Waals surface area (Å²) in [6.07, 6.45) is 14.5. The first-order valence-electron chi connectivity index (χ1n) is 12.8. The second kappa shape index (κ2) is 8.07. The smallest absolute Gasteiger partial charge is 0.0585 e. The predicted octanol–water partition coefficient (Wildman–Crippen LogP) is 6.38. The Morgan fingerprint density at radius 1 is 1.03 bits per heavy atom. The zero-order valence-corrected chi connectivity index (χ0v) is 20.3. The quantitative estimate of drug-likeness (QED) is 0.524. The van der Waals surface area contributed by atoms with Crippen molar-refractivity contribution < 1.29 is 10.2 Å². The second-order valence-corrected chi connectivity index (χ2v) is 12.4. The Bertz CT molecular complexity index is 693. The number of aliphatic hydroxyl groups is 2. The summed E-state index contributed by atoms with van der Waals surface area (Å²) in [7, 11) is 0. The van der Waals surface area contributed by atoms with E-state index in [9.17, 15) is 10.2 Å². The molecule has 0 bridgehead atoms. The predicted molar refractivity (Wildman–Crippen MR) is 125 cm³/mol. The second-order valence-electron chi connectivity index (χ2n) is 12.4. The molecule has 0 heterocycles. The summed E-state index contributed by atoms with van der Waals surface area (Å²) in [6.45, 7) is 14.3. The van der Waals surface area contributed by atoms with E-state index in [0.29, 0.717) is 35.5 Å². The average Bonchev–Trinajstić information content (AvgIpc) is 3.02. The zero-order valence-electron chi connectivity index (χ0n) is 20.3. The minimum Gasteiger partial charge on any atom is -0.393 e. The van der Waals surface area contributed by atoms with E-state index in [1.165, 1.54) is 18.4 Å². The summed E-state index contributed by atoms with van der Waals surface area (Å²) in [6, 6.07) is 0. The van der Waals surface area contributed by atoms with Gasteiger partial charge in [0.05, 0.1) is 12.2 Å². The third-order valence-corrected chi connectivity index (χ3v) is 10.5. The van der Waals surface area contributed by atoms with Gasteiger partial charge in [0, 0.05) is 0 Å². The Labute approximate surface area is 185 Å². The molecule has 0 unspecified atom stereocenters. The van der Waals surface area contributed by atoms with E-state index < -0.39 is 0 Å².